The van der Waals surface area contributed by atoms with E-state index >= 15 is 0 Å². The van der Waals surface area contributed by atoms with Gasteiger partial charge in [0, 0.05) is 12.8 Å². The minimum Gasteiger partial charge on any atom is -0.368 e. The van der Waals surface area contributed by atoms with Gasteiger partial charge in [0.25, 0.3) is 0 Å². The zero-order valence-electron chi connectivity index (χ0n) is 8.86. The molecule has 0 N–H and O–H groups in total. The first kappa shape index (κ1) is 10.8. The topological polar surface area (TPSA) is 39.2 Å². The third kappa shape index (κ3) is 1.96. The summed E-state index contributed by atoms with van der Waals surface area (Å²) < 4.78 is 5.87. The Balaban J connectivity index is 2.27. The molecular weight excluding hydrogens is 210 g/mol. The fourth-order valence-corrected chi connectivity index (χ4v) is 3.13. The molecule has 0 radical (unpaired) electrons. The largest absolute Gasteiger partial charge is 0.368 e. The van der Waals surface area contributed by atoms with Crippen molar-refractivity contribution in [3.8, 4) is 0 Å². The van der Waals surface area contributed by atoms with Gasteiger partial charge >= 0.3 is 0 Å². The normalized spacial score (nSPS) is 19.3. The van der Waals surface area contributed by atoms with Crippen LogP contribution in [-0.2, 0) is 10.3 Å². The van der Waals surface area contributed by atoms with Gasteiger partial charge in [0.15, 0.2) is 6.29 Å². The molecule has 0 aliphatic heterocycles. The lowest BCUT2D eigenvalue weighted by Crippen LogP contribution is -2.25. The van der Waals surface area contributed by atoms with E-state index in [-0.39, 0.29) is 5.60 Å². The van der Waals surface area contributed by atoms with E-state index in [9.17, 15) is 4.79 Å². The molecule has 0 amide bonds. The summed E-state index contributed by atoms with van der Waals surface area (Å²) in [6, 6.07) is 0. The maximum absolute atomic E-state index is 10.6. The molecule has 0 unspecified atom stereocenters. The van der Waals surface area contributed by atoms with Crippen molar-refractivity contribution in [3.05, 3.63) is 16.1 Å². The van der Waals surface area contributed by atoms with E-state index in [4.69, 9.17) is 4.74 Å². The molecule has 4 heteroatoms. The van der Waals surface area contributed by atoms with E-state index in [1.165, 1.54) is 24.2 Å². The number of carbonyl (C=O) groups is 1. The van der Waals surface area contributed by atoms with Gasteiger partial charge in [0.05, 0.1) is 4.88 Å². The van der Waals surface area contributed by atoms with Gasteiger partial charge in [0.2, 0.25) is 0 Å². The van der Waals surface area contributed by atoms with E-state index in [1.807, 2.05) is 6.92 Å². The highest BCUT2D eigenvalue weighted by Crippen LogP contribution is 2.43. The molecule has 1 fully saturated rings. The summed E-state index contributed by atoms with van der Waals surface area (Å²) in [7, 11) is 0. The van der Waals surface area contributed by atoms with E-state index in [2.05, 4.69) is 4.98 Å². The first-order chi connectivity index (χ1) is 7.30. The molecule has 1 aliphatic carbocycles. The Morgan fingerprint density at radius 2 is 2.33 bits per heavy atom. The Hall–Kier alpha value is -0.740. The fraction of sp³-hybridized carbons (Fsp3) is 0.636. The van der Waals surface area contributed by atoms with Crippen LogP contribution < -0.4 is 0 Å². The number of hydrogen-bond donors (Lipinski definition) is 0. The van der Waals surface area contributed by atoms with Crippen molar-refractivity contribution in [2.24, 2.45) is 0 Å². The molecule has 15 heavy (non-hydrogen) atoms. The predicted molar refractivity (Wildman–Crippen MR) is 59.3 cm³/mol. The summed E-state index contributed by atoms with van der Waals surface area (Å²) in [6.45, 7) is 2.71. The summed E-state index contributed by atoms with van der Waals surface area (Å²) in [5.74, 6) is 0. The van der Waals surface area contributed by atoms with Crippen LogP contribution in [0, 0.1) is 0 Å². The highest BCUT2D eigenvalue weighted by atomic mass is 32.1. The Morgan fingerprint density at radius 1 is 1.60 bits per heavy atom. The van der Waals surface area contributed by atoms with E-state index in [0.29, 0.717) is 11.5 Å². The molecule has 1 heterocycles. The van der Waals surface area contributed by atoms with Crippen molar-refractivity contribution in [1.29, 1.82) is 0 Å². The number of carbonyl (C=O) groups excluding carboxylic acids is 1. The summed E-state index contributed by atoms with van der Waals surface area (Å²) in [4.78, 5) is 15.6. The summed E-state index contributed by atoms with van der Waals surface area (Å²) in [5, 5.41) is 0.976. The molecule has 82 valence electrons. The average Bonchev–Trinajstić information content (AvgIpc) is 2.85. The minimum atomic E-state index is -0.194. The summed E-state index contributed by atoms with van der Waals surface area (Å²) >= 11 is 1.46. The molecule has 0 atom stereocenters. The van der Waals surface area contributed by atoms with Crippen LogP contribution in [0.15, 0.2) is 6.20 Å². The second kappa shape index (κ2) is 4.41. The zero-order chi connectivity index (χ0) is 10.7. The van der Waals surface area contributed by atoms with E-state index in [0.717, 1.165) is 24.1 Å². The molecule has 0 bridgehead atoms. The lowest BCUT2D eigenvalue weighted by Gasteiger charge is -2.26. The van der Waals surface area contributed by atoms with Gasteiger partial charge in [-0.1, -0.05) is 12.8 Å². The van der Waals surface area contributed by atoms with E-state index < -0.39 is 0 Å². The summed E-state index contributed by atoms with van der Waals surface area (Å²) in [5.41, 5.74) is -0.194. The van der Waals surface area contributed by atoms with Crippen molar-refractivity contribution in [3.63, 3.8) is 0 Å². The van der Waals surface area contributed by atoms with Crippen LogP contribution in [0.1, 0.15) is 47.3 Å². The molecule has 3 nitrogen and oxygen atoms in total. The van der Waals surface area contributed by atoms with Crippen molar-refractivity contribution < 1.29 is 9.53 Å². The third-order valence-electron chi connectivity index (χ3n) is 2.86. The monoisotopic (exact) mass is 225 g/mol. The SMILES string of the molecule is CCOC1(c2ncc(C=O)s2)CCCC1. The van der Waals surface area contributed by atoms with Crippen LogP contribution in [-0.4, -0.2) is 17.9 Å². The van der Waals surface area contributed by atoms with Crippen molar-refractivity contribution >= 4 is 17.6 Å². The van der Waals surface area contributed by atoms with Crippen LogP contribution in [0.5, 0.6) is 0 Å². The molecule has 1 aromatic heterocycles. The first-order valence-electron chi connectivity index (χ1n) is 5.36. The minimum absolute atomic E-state index is 0.194. The first-order valence-corrected chi connectivity index (χ1v) is 6.18. The number of aldehydes is 1. The molecule has 0 spiro atoms. The zero-order valence-corrected chi connectivity index (χ0v) is 9.68. The van der Waals surface area contributed by atoms with Crippen molar-refractivity contribution in [2.75, 3.05) is 6.61 Å². The Bertz CT molecular complexity index is 342. The molecule has 0 saturated heterocycles. The molecule has 0 aromatic carbocycles. The third-order valence-corrected chi connectivity index (χ3v) is 3.97. The molecule has 1 saturated carbocycles. The standard InChI is InChI=1S/C11H15NO2S/c1-2-14-11(5-3-4-6-11)10-12-7-9(8-13)15-10/h7-8H,2-6H2,1H3. The number of rotatable bonds is 4. The average molecular weight is 225 g/mol. The van der Waals surface area contributed by atoms with Gasteiger partial charge in [-0.05, 0) is 19.8 Å². The van der Waals surface area contributed by atoms with Crippen LogP contribution in [0.3, 0.4) is 0 Å². The van der Waals surface area contributed by atoms with Gasteiger partial charge in [0.1, 0.15) is 10.6 Å². The van der Waals surface area contributed by atoms with Crippen LogP contribution in [0.2, 0.25) is 0 Å². The highest BCUT2D eigenvalue weighted by Gasteiger charge is 2.38. The smallest absolute Gasteiger partial charge is 0.161 e. The number of nitrogens with zero attached hydrogens (tertiary/aromatic N) is 1. The van der Waals surface area contributed by atoms with Crippen LogP contribution in [0.25, 0.3) is 0 Å². The highest BCUT2D eigenvalue weighted by molar-refractivity contribution is 7.13. The molecular formula is C11H15NO2S. The van der Waals surface area contributed by atoms with Crippen molar-refractivity contribution in [2.45, 2.75) is 38.2 Å². The van der Waals surface area contributed by atoms with Crippen molar-refractivity contribution in [1.82, 2.24) is 4.98 Å². The number of aromatic nitrogens is 1. The fourth-order valence-electron chi connectivity index (χ4n) is 2.19. The van der Waals surface area contributed by atoms with Crippen LogP contribution >= 0.6 is 11.3 Å². The van der Waals surface area contributed by atoms with E-state index in [1.54, 1.807) is 6.20 Å². The predicted octanol–water partition coefficient (Wildman–Crippen LogP) is 2.76. The Morgan fingerprint density at radius 3 is 2.87 bits per heavy atom. The van der Waals surface area contributed by atoms with Gasteiger partial charge in [-0.2, -0.15) is 0 Å². The van der Waals surface area contributed by atoms with Gasteiger partial charge < -0.3 is 4.74 Å². The number of hydrogen-bond acceptors (Lipinski definition) is 4. The molecule has 1 aromatic rings. The molecule has 1 aliphatic rings. The molecule has 2 rings (SSSR count). The maximum Gasteiger partial charge on any atom is 0.161 e. The van der Waals surface area contributed by atoms with Gasteiger partial charge in [-0.25, -0.2) is 4.98 Å². The lowest BCUT2D eigenvalue weighted by molar-refractivity contribution is -0.0391. The Labute approximate surface area is 93.5 Å². The van der Waals surface area contributed by atoms with Crippen LogP contribution in [0.4, 0.5) is 0 Å². The quantitative estimate of drug-likeness (QED) is 0.740. The Kier molecular flexibility index (Phi) is 3.17. The second-order valence-corrected chi connectivity index (χ2v) is 4.88. The lowest BCUT2D eigenvalue weighted by atomic mass is 10.0. The maximum atomic E-state index is 10.6. The second-order valence-electron chi connectivity index (χ2n) is 3.82. The van der Waals surface area contributed by atoms with Gasteiger partial charge in [-0.15, -0.1) is 11.3 Å². The number of ether oxygens (including phenoxy) is 1. The number of thiazole rings is 1. The summed E-state index contributed by atoms with van der Waals surface area (Å²) in [6.07, 6.45) is 6.95. The van der Waals surface area contributed by atoms with Gasteiger partial charge in [-0.3, -0.25) is 4.79 Å².